The maximum atomic E-state index is 8.95. The molecule has 1 nitrogen and oxygen atoms in total. The first-order chi connectivity index (χ1) is 8.35. The Bertz CT molecular complexity index is 557. The zero-order valence-electron chi connectivity index (χ0n) is 9.72. The van der Waals surface area contributed by atoms with Gasteiger partial charge < -0.3 is 0 Å². The first-order valence-electron chi connectivity index (χ1n) is 5.57. The fourth-order valence-corrected chi connectivity index (χ4v) is 1.77. The molecule has 0 fully saturated rings. The summed E-state index contributed by atoms with van der Waals surface area (Å²) in [5.41, 5.74) is 4.04. The van der Waals surface area contributed by atoms with Crippen LogP contribution >= 0.6 is 0 Å². The molecule has 0 aromatic heterocycles. The lowest BCUT2D eigenvalue weighted by Crippen LogP contribution is -1.82. The van der Waals surface area contributed by atoms with Crippen LogP contribution in [0, 0.1) is 11.3 Å². The SMILES string of the molecule is C/C=C(/C#N)c1ccc(-c2ccccc2)cc1. The van der Waals surface area contributed by atoms with Gasteiger partial charge in [-0.1, -0.05) is 60.7 Å². The van der Waals surface area contributed by atoms with Gasteiger partial charge in [-0.3, -0.25) is 0 Å². The molecule has 2 rings (SSSR count). The fraction of sp³-hybridized carbons (Fsp3) is 0.0625. The molecule has 17 heavy (non-hydrogen) atoms. The van der Waals surface area contributed by atoms with E-state index >= 15 is 0 Å². The van der Waals surface area contributed by atoms with Crippen LogP contribution < -0.4 is 0 Å². The Morgan fingerprint density at radius 3 is 2.06 bits per heavy atom. The Kier molecular flexibility index (Phi) is 3.37. The molecule has 0 unspecified atom stereocenters. The van der Waals surface area contributed by atoms with Gasteiger partial charge in [0.15, 0.2) is 0 Å². The highest BCUT2D eigenvalue weighted by Crippen LogP contribution is 2.21. The molecule has 82 valence electrons. The smallest absolute Gasteiger partial charge is 0.0994 e. The van der Waals surface area contributed by atoms with E-state index in [-0.39, 0.29) is 0 Å². The molecule has 0 spiro atoms. The Morgan fingerprint density at radius 2 is 1.53 bits per heavy atom. The molecule has 0 aliphatic carbocycles. The number of nitriles is 1. The van der Waals surface area contributed by atoms with Crippen molar-refractivity contribution in [2.45, 2.75) is 6.92 Å². The van der Waals surface area contributed by atoms with Crippen molar-refractivity contribution >= 4 is 5.57 Å². The van der Waals surface area contributed by atoms with E-state index in [1.54, 1.807) is 0 Å². The second kappa shape index (κ2) is 5.14. The number of hydrogen-bond donors (Lipinski definition) is 0. The van der Waals surface area contributed by atoms with E-state index < -0.39 is 0 Å². The predicted octanol–water partition coefficient (Wildman–Crippen LogP) is 4.28. The third-order valence-electron chi connectivity index (χ3n) is 2.71. The van der Waals surface area contributed by atoms with Gasteiger partial charge in [-0.15, -0.1) is 0 Å². The molecular formula is C16H13N. The van der Waals surface area contributed by atoms with Crippen molar-refractivity contribution in [2.24, 2.45) is 0 Å². The summed E-state index contributed by atoms with van der Waals surface area (Å²) in [7, 11) is 0. The maximum absolute atomic E-state index is 8.95. The maximum Gasteiger partial charge on any atom is 0.0994 e. The van der Waals surface area contributed by atoms with Gasteiger partial charge in [0.1, 0.15) is 0 Å². The fourth-order valence-electron chi connectivity index (χ4n) is 1.77. The van der Waals surface area contributed by atoms with Crippen LogP contribution in [0.1, 0.15) is 12.5 Å². The highest BCUT2D eigenvalue weighted by atomic mass is 14.2. The zero-order chi connectivity index (χ0) is 12.1. The van der Waals surface area contributed by atoms with E-state index in [1.165, 1.54) is 11.1 Å². The molecule has 0 aliphatic heterocycles. The van der Waals surface area contributed by atoms with Gasteiger partial charge in [0.25, 0.3) is 0 Å². The minimum absolute atomic E-state index is 0.713. The highest BCUT2D eigenvalue weighted by molar-refractivity contribution is 5.78. The Hall–Kier alpha value is -2.33. The molecule has 0 N–H and O–H groups in total. The normalized spacial score (nSPS) is 10.9. The lowest BCUT2D eigenvalue weighted by molar-refractivity contribution is 1.51. The summed E-state index contributed by atoms with van der Waals surface area (Å²) >= 11 is 0. The zero-order valence-corrected chi connectivity index (χ0v) is 9.72. The first kappa shape index (κ1) is 11.2. The molecule has 1 heteroatoms. The summed E-state index contributed by atoms with van der Waals surface area (Å²) in [6.07, 6.45) is 1.83. The van der Waals surface area contributed by atoms with Crippen molar-refractivity contribution in [1.82, 2.24) is 0 Å². The second-order valence-electron chi connectivity index (χ2n) is 3.76. The minimum atomic E-state index is 0.713. The molecule has 0 amide bonds. The molecule has 0 radical (unpaired) electrons. The topological polar surface area (TPSA) is 23.8 Å². The van der Waals surface area contributed by atoms with Crippen LogP contribution in [0.2, 0.25) is 0 Å². The minimum Gasteiger partial charge on any atom is -0.192 e. The van der Waals surface area contributed by atoms with Crippen molar-refractivity contribution in [2.75, 3.05) is 0 Å². The van der Waals surface area contributed by atoms with Crippen molar-refractivity contribution in [3.8, 4) is 17.2 Å². The molecule has 2 aromatic carbocycles. The van der Waals surface area contributed by atoms with Crippen molar-refractivity contribution in [3.05, 3.63) is 66.2 Å². The average molecular weight is 219 g/mol. The quantitative estimate of drug-likeness (QED) is 0.691. The molecule has 0 aliphatic rings. The van der Waals surface area contributed by atoms with Crippen LogP contribution in [-0.2, 0) is 0 Å². The Morgan fingerprint density at radius 1 is 0.941 bits per heavy atom. The molecule has 2 aromatic rings. The van der Waals surface area contributed by atoms with E-state index in [9.17, 15) is 0 Å². The van der Waals surface area contributed by atoms with Crippen molar-refractivity contribution < 1.29 is 0 Å². The van der Waals surface area contributed by atoms with Crippen LogP contribution in [0.5, 0.6) is 0 Å². The van der Waals surface area contributed by atoms with E-state index in [1.807, 2.05) is 55.5 Å². The van der Waals surface area contributed by atoms with Crippen LogP contribution in [-0.4, -0.2) is 0 Å². The summed E-state index contributed by atoms with van der Waals surface area (Å²) in [4.78, 5) is 0. The predicted molar refractivity (Wildman–Crippen MR) is 71.1 cm³/mol. The average Bonchev–Trinajstić information content (AvgIpc) is 2.42. The number of nitrogens with zero attached hydrogens (tertiary/aromatic N) is 1. The summed E-state index contributed by atoms with van der Waals surface area (Å²) in [5, 5.41) is 8.95. The standard InChI is InChI=1S/C16H13N/c1-2-13(12-17)15-8-10-16(11-9-15)14-6-4-3-5-7-14/h2-11H,1H3/b13-2-. The number of hydrogen-bond acceptors (Lipinski definition) is 1. The first-order valence-corrected chi connectivity index (χ1v) is 5.57. The lowest BCUT2D eigenvalue weighted by atomic mass is 10.0. The lowest BCUT2D eigenvalue weighted by Gasteiger charge is -2.03. The van der Waals surface area contributed by atoms with Gasteiger partial charge in [-0.05, 0) is 23.6 Å². The van der Waals surface area contributed by atoms with Crippen LogP contribution in [0.25, 0.3) is 16.7 Å². The highest BCUT2D eigenvalue weighted by Gasteiger charge is 2.00. The monoisotopic (exact) mass is 219 g/mol. The van der Waals surface area contributed by atoms with Gasteiger partial charge in [0.2, 0.25) is 0 Å². The van der Waals surface area contributed by atoms with E-state index in [0.717, 1.165) is 5.56 Å². The van der Waals surface area contributed by atoms with E-state index in [2.05, 4.69) is 18.2 Å². The van der Waals surface area contributed by atoms with Crippen molar-refractivity contribution in [3.63, 3.8) is 0 Å². The van der Waals surface area contributed by atoms with E-state index in [0.29, 0.717) is 5.57 Å². The molecular weight excluding hydrogens is 206 g/mol. The Balaban J connectivity index is 2.35. The number of allylic oxidation sites excluding steroid dienone is 2. The molecule has 0 atom stereocenters. The van der Waals surface area contributed by atoms with Gasteiger partial charge in [0.05, 0.1) is 11.6 Å². The molecule has 0 heterocycles. The molecule has 0 bridgehead atoms. The molecule has 0 saturated carbocycles. The molecule has 0 saturated heterocycles. The third kappa shape index (κ3) is 2.43. The largest absolute Gasteiger partial charge is 0.192 e. The summed E-state index contributed by atoms with van der Waals surface area (Å²) < 4.78 is 0. The summed E-state index contributed by atoms with van der Waals surface area (Å²) in [6.45, 7) is 1.88. The van der Waals surface area contributed by atoms with Gasteiger partial charge in [0, 0.05) is 0 Å². The third-order valence-corrected chi connectivity index (χ3v) is 2.71. The van der Waals surface area contributed by atoms with E-state index in [4.69, 9.17) is 5.26 Å². The van der Waals surface area contributed by atoms with Crippen molar-refractivity contribution in [1.29, 1.82) is 5.26 Å². The second-order valence-corrected chi connectivity index (χ2v) is 3.76. The number of rotatable bonds is 2. The Labute approximate surface area is 102 Å². The van der Waals surface area contributed by atoms with Gasteiger partial charge in [-0.2, -0.15) is 5.26 Å². The van der Waals surface area contributed by atoms with Gasteiger partial charge in [-0.25, -0.2) is 0 Å². The summed E-state index contributed by atoms with van der Waals surface area (Å²) in [6, 6.07) is 20.5. The number of benzene rings is 2. The van der Waals surface area contributed by atoms with Crippen LogP contribution in [0.3, 0.4) is 0 Å². The van der Waals surface area contributed by atoms with Crippen LogP contribution in [0.4, 0.5) is 0 Å². The summed E-state index contributed by atoms with van der Waals surface area (Å²) in [5.74, 6) is 0. The van der Waals surface area contributed by atoms with Crippen LogP contribution in [0.15, 0.2) is 60.7 Å². The van der Waals surface area contributed by atoms with Gasteiger partial charge >= 0.3 is 0 Å².